The van der Waals surface area contributed by atoms with E-state index < -0.39 is 0 Å². The molecule has 24 heavy (non-hydrogen) atoms. The van der Waals surface area contributed by atoms with Crippen molar-refractivity contribution in [1.29, 1.82) is 0 Å². The van der Waals surface area contributed by atoms with E-state index in [2.05, 4.69) is 75.7 Å². The zero-order valence-corrected chi connectivity index (χ0v) is 33.2. The molecule has 0 spiro atoms. The van der Waals surface area contributed by atoms with Gasteiger partial charge < -0.3 is 20.8 Å². The fourth-order valence-corrected chi connectivity index (χ4v) is 1.86. The average Bonchev–Trinajstić information content (AvgIpc) is 2.48. The van der Waals surface area contributed by atoms with Gasteiger partial charge in [-0.05, 0) is 18.2 Å². The first-order valence-corrected chi connectivity index (χ1v) is 10.5. The van der Waals surface area contributed by atoms with E-state index in [0.717, 1.165) is 18.3 Å². The number of rotatable bonds is 8. The molecule has 0 aliphatic rings. The van der Waals surface area contributed by atoms with Crippen LogP contribution in [-0.2, 0) is 0 Å². The quantitative estimate of drug-likeness (QED) is 0.187. The molecule has 0 saturated carbocycles. The topological polar surface area (TPSA) is 0 Å². The molecular formula is C18H44P3U3-3. The summed E-state index contributed by atoms with van der Waals surface area (Å²) in [4.78, 5) is 0. The third-order valence-electron chi connectivity index (χ3n) is 3.32. The zero-order chi connectivity index (χ0) is 16.4. The Bertz CT molecular complexity index is 154. The zero-order valence-electron chi connectivity index (χ0n) is 17.2. The maximum Gasteiger partial charge on any atom is 0 e. The predicted molar refractivity (Wildman–Crippen MR) is 117 cm³/mol. The van der Waals surface area contributed by atoms with Crippen molar-refractivity contribution >= 4 is 27.7 Å². The van der Waals surface area contributed by atoms with Gasteiger partial charge in [-0.2, -0.15) is 27.7 Å². The summed E-state index contributed by atoms with van der Waals surface area (Å²) in [5.74, 6) is 1.81. The van der Waals surface area contributed by atoms with Crippen LogP contribution in [0.2, 0.25) is 0 Å². The van der Waals surface area contributed by atoms with Crippen molar-refractivity contribution in [2.45, 2.75) is 72.4 Å². The molecule has 0 amide bonds. The van der Waals surface area contributed by atoms with Gasteiger partial charge in [0.05, 0.1) is 0 Å². The van der Waals surface area contributed by atoms with Crippen LogP contribution < -0.4 is 0 Å². The summed E-state index contributed by atoms with van der Waals surface area (Å²) in [6.07, 6.45) is 11.2. The van der Waals surface area contributed by atoms with Crippen LogP contribution >= 0.6 is 27.7 Å². The Balaban J connectivity index is -0.0000000347. The van der Waals surface area contributed by atoms with Gasteiger partial charge in [0.25, 0.3) is 0 Å². The van der Waals surface area contributed by atoms with E-state index in [1.54, 1.807) is 0 Å². The van der Waals surface area contributed by atoms with Gasteiger partial charge in [0.15, 0.2) is 0 Å². The Kier molecular flexibility index (Phi) is 81.0. The van der Waals surface area contributed by atoms with Crippen LogP contribution in [0.25, 0.3) is 0 Å². The van der Waals surface area contributed by atoms with Crippen LogP contribution in [0, 0.1) is 126 Å². The summed E-state index contributed by atoms with van der Waals surface area (Å²) in [6.45, 7) is 14.8. The minimum Gasteiger partial charge on any atom is -0.358 e. The average molecular weight is 1070 g/mol. The summed E-state index contributed by atoms with van der Waals surface area (Å²) in [7, 11) is 8.18. The molecule has 0 rings (SSSR count). The summed E-state index contributed by atoms with van der Waals surface area (Å²) in [6, 6.07) is 0. The van der Waals surface area contributed by atoms with E-state index in [9.17, 15) is 0 Å². The van der Waals surface area contributed by atoms with Gasteiger partial charge in [-0.25, -0.2) is 0 Å². The standard InChI is InChI=1S/C8H18P.C5H13P.C4H10P.CH3.3U/c1-3-5-6-8(4-2)7-9;1-3-5(2)4-6;1-3-4(2)5;;;;/h5,8H,3-4,6-7,9H2,1-2H3;5H,3-4,6H2,1-2H3;4H,2-3,5H2,1H3;1H3;;;/q-1;;2*-1;;;. The van der Waals surface area contributed by atoms with Crippen LogP contribution in [0.3, 0.4) is 0 Å². The van der Waals surface area contributed by atoms with Crippen LogP contribution in [-0.4, -0.2) is 18.0 Å². The van der Waals surface area contributed by atoms with Crippen molar-refractivity contribution in [1.82, 2.24) is 0 Å². The third-order valence-corrected chi connectivity index (χ3v) is 5.27. The van der Waals surface area contributed by atoms with Gasteiger partial charge in [-0.1, -0.05) is 59.8 Å². The van der Waals surface area contributed by atoms with E-state index in [4.69, 9.17) is 0 Å². The molecule has 0 heterocycles. The first-order chi connectivity index (χ1) is 9.42. The molecule has 146 valence electrons. The second kappa shape index (κ2) is 41.7. The molecule has 0 radical (unpaired) electrons. The van der Waals surface area contributed by atoms with Crippen molar-refractivity contribution in [3.63, 3.8) is 0 Å². The Labute approximate surface area is 235 Å². The van der Waals surface area contributed by atoms with E-state index in [-0.39, 0.29) is 101 Å². The minimum absolute atomic E-state index is 0. The molecule has 0 aromatic heterocycles. The molecule has 0 fully saturated rings. The Hall–Kier alpha value is 4.45. The summed E-state index contributed by atoms with van der Waals surface area (Å²) in [5.41, 5.74) is 0.551. The van der Waals surface area contributed by atoms with Gasteiger partial charge >= 0.3 is 0 Å². The molecule has 0 nitrogen and oxygen atoms in total. The summed E-state index contributed by atoms with van der Waals surface area (Å²) >= 11 is 0. The second-order valence-corrected chi connectivity index (χ2v) is 7.25. The molecule has 0 aromatic rings. The first kappa shape index (κ1) is 46.6. The fraction of sp³-hybridized carbons (Fsp3) is 0.833. The molecule has 6 unspecified atom stereocenters. The molecule has 0 N–H and O–H groups in total. The van der Waals surface area contributed by atoms with E-state index in [1.165, 1.54) is 38.0 Å². The van der Waals surface area contributed by atoms with E-state index in [1.807, 2.05) is 0 Å². The number of hydrogen-bond donors (Lipinski definition) is 0. The SMILES string of the molecule is CCC(C)CP.CC[CH-]CC(CC)CP.[CH2-]C(P)CC.[CH3-].[U].[U].[U]. The van der Waals surface area contributed by atoms with E-state index >= 15 is 0 Å². The minimum atomic E-state index is 0. The third kappa shape index (κ3) is 50.3. The van der Waals surface area contributed by atoms with Gasteiger partial charge in [0.1, 0.15) is 0 Å². The molecule has 0 bridgehead atoms. The van der Waals surface area contributed by atoms with Crippen molar-refractivity contribution < 1.29 is 93.3 Å². The Morgan fingerprint density at radius 1 is 0.875 bits per heavy atom. The normalized spacial score (nSPS) is 11.9. The molecule has 6 heteroatoms. The maximum atomic E-state index is 3.72. The van der Waals surface area contributed by atoms with Crippen LogP contribution in [0.1, 0.15) is 66.7 Å². The first-order valence-electron chi connectivity index (χ1n) is 8.23. The van der Waals surface area contributed by atoms with Crippen LogP contribution in [0.4, 0.5) is 0 Å². The Morgan fingerprint density at radius 3 is 1.42 bits per heavy atom. The largest absolute Gasteiger partial charge is 0.358 e. The van der Waals surface area contributed by atoms with E-state index in [0.29, 0.717) is 5.66 Å². The molecular weight excluding hydrogens is 1020 g/mol. The predicted octanol–water partition coefficient (Wildman–Crippen LogP) is 6.72. The molecule has 0 aliphatic heterocycles. The number of unbranched alkanes of at least 4 members (excludes halogenated alkanes) is 1. The van der Waals surface area contributed by atoms with Gasteiger partial charge in [-0.15, -0.1) is 18.5 Å². The van der Waals surface area contributed by atoms with Crippen molar-refractivity contribution in [3.05, 3.63) is 20.8 Å². The molecule has 0 aromatic carbocycles. The van der Waals surface area contributed by atoms with Gasteiger partial charge in [0.2, 0.25) is 0 Å². The van der Waals surface area contributed by atoms with Crippen molar-refractivity contribution in [2.24, 2.45) is 11.8 Å². The molecule has 6 atom stereocenters. The van der Waals surface area contributed by atoms with Crippen LogP contribution in [0.5, 0.6) is 0 Å². The molecule has 0 saturated heterocycles. The second-order valence-electron chi connectivity index (χ2n) is 5.36. The fourth-order valence-electron chi connectivity index (χ4n) is 0.999. The smallest absolute Gasteiger partial charge is 0 e. The summed E-state index contributed by atoms with van der Waals surface area (Å²) in [5, 5.41) is 0. The summed E-state index contributed by atoms with van der Waals surface area (Å²) < 4.78 is 0. The monoisotopic (exact) mass is 1070 g/mol. The van der Waals surface area contributed by atoms with Gasteiger partial charge in [0, 0.05) is 93.3 Å². The van der Waals surface area contributed by atoms with Crippen molar-refractivity contribution in [2.75, 3.05) is 12.3 Å². The Morgan fingerprint density at radius 2 is 1.29 bits per heavy atom. The van der Waals surface area contributed by atoms with Crippen molar-refractivity contribution in [3.8, 4) is 0 Å². The molecule has 0 aliphatic carbocycles. The van der Waals surface area contributed by atoms with Gasteiger partial charge in [-0.3, -0.25) is 0 Å². The maximum absolute atomic E-state index is 3.72. The van der Waals surface area contributed by atoms with Crippen LogP contribution in [0.15, 0.2) is 0 Å². The number of hydrogen-bond acceptors (Lipinski definition) is 0.